The van der Waals surface area contributed by atoms with Gasteiger partial charge in [-0.15, -0.1) is 6.58 Å². The molecule has 2 aromatic carbocycles. The molecule has 0 amide bonds. The third-order valence-corrected chi connectivity index (χ3v) is 9.91. The van der Waals surface area contributed by atoms with Gasteiger partial charge in [-0.2, -0.15) is 0 Å². The summed E-state index contributed by atoms with van der Waals surface area (Å²) >= 11 is 0. The number of unbranched alkanes of at least 4 members (excludes halogenated alkanes) is 2. The van der Waals surface area contributed by atoms with Gasteiger partial charge in [-0.05, 0) is 104 Å². The number of hydrogen-bond donors (Lipinski definition) is 0. The Morgan fingerprint density at radius 3 is 2.00 bits per heavy atom. The maximum atomic E-state index is 15.4. The van der Waals surface area contributed by atoms with Crippen molar-refractivity contribution in [2.24, 2.45) is 17.8 Å². The molecule has 3 aliphatic carbocycles. The number of benzene rings is 2. The van der Waals surface area contributed by atoms with Crippen molar-refractivity contribution in [3.63, 3.8) is 0 Å². The van der Waals surface area contributed by atoms with Gasteiger partial charge in [-0.1, -0.05) is 63.7 Å². The maximum absolute atomic E-state index is 15.4. The van der Waals surface area contributed by atoms with E-state index in [-0.39, 0.29) is 22.6 Å². The van der Waals surface area contributed by atoms with Crippen LogP contribution in [0.4, 0.5) is 17.6 Å². The minimum absolute atomic E-state index is 0.00937. The van der Waals surface area contributed by atoms with E-state index in [0.29, 0.717) is 41.9 Å². The molecule has 0 radical (unpaired) electrons. The van der Waals surface area contributed by atoms with E-state index in [4.69, 9.17) is 0 Å². The highest BCUT2D eigenvalue weighted by atomic mass is 19.2. The third kappa shape index (κ3) is 5.34. The molecule has 3 aliphatic rings. The summed E-state index contributed by atoms with van der Waals surface area (Å²) in [7, 11) is 0. The Balaban J connectivity index is 1.26. The molecule has 0 atom stereocenters. The van der Waals surface area contributed by atoms with Crippen molar-refractivity contribution in [1.29, 1.82) is 0 Å². The van der Waals surface area contributed by atoms with Crippen LogP contribution in [-0.4, -0.2) is 0 Å². The average molecular weight is 527 g/mol. The second kappa shape index (κ2) is 12.0. The monoisotopic (exact) mass is 526 g/mol. The molecule has 4 heteroatoms. The van der Waals surface area contributed by atoms with Gasteiger partial charge < -0.3 is 0 Å². The molecule has 0 saturated heterocycles. The van der Waals surface area contributed by atoms with Crippen LogP contribution in [0.1, 0.15) is 119 Å². The fourth-order valence-electron chi connectivity index (χ4n) is 7.73. The lowest BCUT2D eigenvalue weighted by Gasteiger charge is -2.38. The van der Waals surface area contributed by atoms with Crippen LogP contribution in [0, 0.1) is 41.0 Å². The molecular formula is C34H42F4. The first-order valence-corrected chi connectivity index (χ1v) is 15.0. The van der Waals surface area contributed by atoms with Crippen molar-refractivity contribution in [2.45, 2.75) is 109 Å². The van der Waals surface area contributed by atoms with Crippen molar-refractivity contribution >= 4 is 0 Å². The van der Waals surface area contributed by atoms with Gasteiger partial charge in [0.25, 0.3) is 0 Å². The zero-order valence-corrected chi connectivity index (χ0v) is 22.9. The van der Waals surface area contributed by atoms with Crippen molar-refractivity contribution < 1.29 is 17.6 Å². The van der Waals surface area contributed by atoms with Crippen LogP contribution >= 0.6 is 0 Å². The molecule has 2 saturated carbocycles. The predicted molar refractivity (Wildman–Crippen MR) is 147 cm³/mol. The van der Waals surface area contributed by atoms with Crippen LogP contribution in [0.5, 0.6) is 0 Å². The number of fused-ring (bicyclic) bond motifs is 3. The molecule has 0 heterocycles. The Morgan fingerprint density at radius 2 is 1.37 bits per heavy atom. The second-order valence-electron chi connectivity index (χ2n) is 12.2. The second-order valence-corrected chi connectivity index (χ2v) is 12.2. The number of aryl methyl sites for hydroxylation is 1. The fourth-order valence-corrected chi connectivity index (χ4v) is 7.73. The summed E-state index contributed by atoms with van der Waals surface area (Å²) in [6, 6.07) is 3.37. The lowest BCUT2D eigenvalue weighted by molar-refractivity contribution is 0.155. The van der Waals surface area contributed by atoms with Gasteiger partial charge in [0, 0.05) is 11.1 Å². The van der Waals surface area contributed by atoms with Gasteiger partial charge in [0.15, 0.2) is 23.3 Å². The maximum Gasteiger partial charge on any atom is 0.167 e. The number of allylic oxidation sites excluding steroid dienone is 1. The molecule has 0 aliphatic heterocycles. The van der Waals surface area contributed by atoms with Crippen LogP contribution in [0.15, 0.2) is 24.8 Å². The largest absolute Gasteiger partial charge is 0.203 e. The quantitative estimate of drug-likeness (QED) is 0.148. The van der Waals surface area contributed by atoms with E-state index in [2.05, 4.69) is 13.5 Å². The molecule has 0 N–H and O–H groups in total. The number of halogens is 4. The third-order valence-electron chi connectivity index (χ3n) is 9.91. The number of rotatable bonds is 9. The first-order valence-electron chi connectivity index (χ1n) is 15.0. The molecule has 0 aromatic heterocycles. The Hall–Kier alpha value is -2.10. The predicted octanol–water partition coefficient (Wildman–Crippen LogP) is 10.6. The fraction of sp³-hybridized carbons (Fsp3) is 0.588. The van der Waals surface area contributed by atoms with Gasteiger partial charge in [0.2, 0.25) is 0 Å². The van der Waals surface area contributed by atoms with Crippen molar-refractivity contribution in [3.05, 3.63) is 70.3 Å². The van der Waals surface area contributed by atoms with Gasteiger partial charge in [0.1, 0.15) is 0 Å². The van der Waals surface area contributed by atoms with Crippen LogP contribution < -0.4 is 0 Å². The lowest BCUT2D eigenvalue weighted by atomic mass is 9.67. The standard InChI is InChI=1S/C34H42F4/c1-3-5-7-8-21-10-12-22(13-11-21)23-14-16-24(17-15-23)28-20-27-19-26-18-25(9-6-4-2)31(35)33(37)29(26)30(27)34(38)32(28)36/h4,18,20-24H,2-3,5-17,19H2,1H3. The van der Waals surface area contributed by atoms with E-state index in [9.17, 15) is 4.39 Å². The molecule has 0 nitrogen and oxygen atoms in total. The summed E-state index contributed by atoms with van der Waals surface area (Å²) in [5, 5.41) is 0. The van der Waals surface area contributed by atoms with Crippen molar-refractivity contribution in [1.82, 2.24) is 0 Å². The van der Waals surface area contributed by atoms with Gasteiger partial charge in [-0.25, -0.2) is 17.6 Å². The summed E-state index contributed by atoms with van der Waals surface area (Å²) in [5.41, 5.74) is 1.64. The zero-order chi connectivity index (χ0) is 26.8. The normalized spacial score (nSPS) is 24.8. The Labute approximate surface area is 225 Å². The molecule has 0 spiro atoms. The Bertz CT molecular complexity index is 1150. The van der Waals surface area contributed by atoms with Crippen LogP contribution in [0.2, 0.25) is 0 Å². The van der Waals surface area contributed by atoms with Crippen LogP contribution in [0.25, 0.3) is 11.1 Å². The van der Waals surface area contributed by atoms with Crippen LogP contribution in [0.3, 0.4) is 0 Å². The minimum Gasteiger partial charge on any atom is -0.203 e. The van der Waals surface area contributed by atoms with E-state index in [0.717, 1.165) is 37.5 Å². The molecule has 2 aromatic rings. The van der Waals surface area contributed by atoms with Crippen molar-refractivity contribution in [3.8, 4) is 11.1 Å². The highest BCUT2D eigenvalue weighted by Gasteiger charge is 2.36. The summed E-state index contributed by atoms with van der Waals surface area (Å²) < 4.78 is 60.7. The van der Waals surface area contributed by atoms with E-state index >= 15 is 13.2 Å². The van der Waals surface area contributed by atoms with E-state index < -0.39 is 23.3 Å². The van der Waals surface area contributed by atoms with Gasteiger partial charge >= 0.3 is 0 Å². The first-order chi connectivity index (χ1) is 18.4. The van der Waals surface area contributed by atoms with Crippen LogP contribution in [-0.2, 0) is 12.8 Å². The topological polar surface area (TPSA) is 0 Å². The Kier molecular flexibility index (Phi) is 8.65. The smallest absolute Gasteiger partial charge is 0.167 e. The van der Waals surface area contributed by atoms with Crippen molar-refractivity contribution in [2.75, 3.05) is 0 Å². The summed E-state index contributed by atoms with van der Waals surface area (Å²) in [6.45, 7) is 5.91. The molecule has 0 bridgehead atoms. The van der Waals surface area contributed by atoms with E-state index in [1.165, 1.54) is 51.4 Å². The first kappa shape index (κ1) is 27.5. The molecule has 0 unspecified atom stereocenters. The molecule has 38 heavy (non-hydrogen) atoms. The highest BCUT2D eigenvalue weighted by molar-refractivity contribution is 5.79. The van der Waals surface area contributed by atoms with E-state index in [1.54, 1.807) is 18.2 Å². The molecule has 5 rings (SSSR count). The summed E-state index contributed by atoms with van der Waals surface area (Å²) in [6.07, 6.45) is 17.4. The molecule has 206 valence electrons. The number of hydrogen-bond acceptors (Lipinski definition) is 0. The molecular weight excluding hydrogens is 484 g/mol. The summed E-state index contributed by atoms with van der Waals surface area (Å²) in [5.74, 6) is -1.55. The zero-order valence-electron chi connectivity index (χ0n) is 22.9. The van der Waals surface area contributed by atoms with Gasteiger partial charge in [-0.3, -0.25) is 0 Å². The average Bonchev–Trinajstić information content (AvgIpc) is 3.31. The van der Waals surface area contributed by atoms with E-state index in [1.807, 2.05) is 0 Å². The highest BCUT2D eigenvalue weighted by Crippen LogP contribution is 2.48. The van der Waals surface area contributed by atoms with Gasteiger partial charge in [0.05, 0.1) is 0 Å². The minimum atomic E-state index is -1.06. The summed E-state index contributed by atoms with van der Waals surface area (Å²) in [4.78, 5) is 0. The molecule has 2 fully saturated rings. The Morgan fingerprint density at radius 1 is 0.763 bits per heavy atom. The SMILES string of the molecule is C=CCCc1cc2c(c(F)c1F)-c1c(cc(C3CCC(C4CCC(CCCCC)CC4)CC3)c(F)c1F)C2. The lowest BCUT2D eigenvalue weighted by Crippen LogP contribution is -2.25.